The second-order valence-corrected chi connectivity index (χ2v) is 6.10. The van der Waals surface area contributed by atoms with Crippen molar-refractivity contribution >= 4 is 11.7 Å². The molecule has 7 nitrogen and oxygen atoms in total. The predicted molar refractivity (Wildman–Crippen MR) is 91.2 cm³/mol. The Hall–Kier alpha value is -2.70. The number of aryl methyl sites for hydroxylation is 1. The zero-order chi connectivity index (χ0) is 17.1. The van der Waals surface area contributed by atoms with E-state index in [2.05, 4.69) is 19.9 Å². The minimum Gasteiger partial charge on any atom is -0.355 e. The second kappa shape index (κ2) is 6.82. The number of carbonyl (C=O) groups is 1. The third-order valence-corrected chi connectivity index (χ3v) is 4.34. The van der Waals surface area contributed by atoms with Crippen LogP contribution in [0.4, 0.5) is 5.82 Å². The minimum absolute atomic E-state index is 0.0645. The summed E-state index contributed by atoms with van der Waals surface area (Å²) in [5.74, 6) is 0.699. The highest BCUT2D eigenvalue weighted by atomic mass is 16.2. The molecule has 0 radical (unpaired) electrons. The van der Waals surface area contributed by atoms with Crippen LogP contribution in [-0.2, 0) is 0 Å². The molecule has 0 spiro atoms. The molecule has 1 fully saturated rings. The first kappa shape index (κ1) is 16.2. The van der Waals surface area contributed by atoms with Crippen LogP contribution in [-0.4, -0.2) is 51.9 Å². The van der Waals surface area contributed by atoms with E-state index < -0.39 is 5.69 Å². The van der Waals surface area contributed by atoms with Gasteiger partial charge in [0, 0.05) is 38.1 Å². The SMILES string of the molecule is Cc1cc(C(=O)N(C)C2CCCN(c3ccccn3)C2)nc(=O)[nH]1. The molecule has 1 saturated heterocycles. The van der Waals surface area contributed by atoms with Crippen molar-refractivity contribution in [1.82, 2.24) is 19.9 Å². The van der Waals surface area contributed by atoms with Gasteiger partial charge >= 0.3 is 5.69 Å². The summed E-state index contributed by atoms with van der Waals surface area (Å²) >= 11 is 0. The highest BCUT2D eigenvalue weighted by molar-refractivity contribution is 5.92. The first-order valence-corrected chi connectivity index (χ1v) is 8.05. The zero-order valence-corrected chi connectivity index (χ0v) is 13.9. The van der Waals surface area contributed by atoms with Crippen LogP contribution in [0.2, 0.25) is 0 Å². The number of nitrogens with one attached hydrogen (secondary N) is 1. The molecular formula is C17H21N5O2. The summed E-state index contributed by atoms with van der Waals surface area (Å²) in [6, 6.07) is 7.51. The number of carbonyl (C=O) groups excluding carboxylic acids is 1. The highest BCUT2D eigenvalue weighted by Crippen LogP contribution is 2.20. The Bertz CT molecular complexity index is 774. The van der Waals surface area contributed by atoms with Crippen molar-refractivity contribution in [3.05, 3.63) is 52.3 Å². The molecule has 3 heterocycles. The summed E-state index contributed by atoms with van der Waals surface area (Å²) in [6.07, 6.45) is 3.69. The van der Waals surface area contributed by atoms with Gasteiger partial charge in [-0.2, -0.15) is 4.98 Å². The molecule has 0 aliphatic carbocycles. The Kier molecular flexibility index (Phi) is 4.59. The van der Waals surface area contributed by atoms with Crippen LogP contribution in [0.5, 0.6) is 0 Å². The standard InChI is InChI=1S/C17H21N5O2/c1-12-10-14(20-17(24)19-12)16(23)21(2)13-6-5-9-22(11-13)15-7-3-4-8-18-15/h3-4,7-8,10,13H,5-6,9,11H2,1-2H3,(H,19,20,24). The molecule has 1 aliphatic rings. The molecule has 1 unspecified atom stereocenters. The van der Waals surface area contributed by atoms with E-state index in [0.29, 0.717) is 5.69 Å². The van der Waals surface area contributed by atoms with Crippen LogP contribution < -0.4 is 10.6 Å². The third kappa shape index (κ3) is 3.45. The lowest BCUT2D eigenvalue weighted by atomic mass is 10.0. The molecule has 0 bridgehead atoms. The summed E-state index contributed by atoms with van der Waals surface area (Å²) < 4.78 is 0. The number of H-pyrrole nitrogens is 1. The number of hydrogen-bond donors (Lipinski definition) is 1. The van der Waals surface area contributed by atoms with Gasteiger partial charge in [0.15, 0.2) is 0 Å². The molecule has 1 atom stereocenters. The average Bonchev–Trinajstić information content (AvgIpc) is 2.60. The minimum atomic E-state index is -0.495. The van der Waals surface area contributed by atoms with Gasteiger partial charge in [0.25, 0.3) is 5.91 Å². The van der Waals surface area contributed by atoms with Crippen LogP contribution in [0, 0.1) is 6.92 Å². The largest absolute Gasteiger partial charge is 0.355 e. The topological polar surface area (TPSA) is 82.2 Å². The summed E-state index contributed by atoms with van der Waals surface area (Å²) in [7, 11) is 1.77. The molecule has 1 amide bonds. The Morgan fingerprint density at radius 2 is 2.25 bits per heavy atom. The van der Waals surface area contributed by atoms with Crippen LogP contribution in [0.3, 0.4) is 0 Å². The van der Waals surface area contributed by atoms with Gasteiger partial charge in [0.2, 0.25) is 0 Å². The first-order valence-electron chi connectivity index (χ1n) is 8.05. The van der Waals surface area contributed by atoms with Crippen molar-refractivity contribution < 1.29 is 4.79 Å². The number of pyridine rings is 1. The normalized spacial score (nSPS) is 17.6. The van der Waals surface area contributed by atoms with Crippen molar-refractivity contribution in [1.29, 1.82) is 0 Å². The van der Waals surface area contributed by atoms with Crippen LogP contribution in [0.25, 0.3) is 0 Å². The molecule has 0 saturated carbocycles. The fraction of sp³-hybridized carbons (Fsp3) is 0.412. The molecule has 7 heteroatoms. The van der Waals surface area contributed by atoms with Gasteiger partial charge in [0.1, 0.15) is 11.5 Å². The molecule has 0 aromatic carbocycles. The average molecular weight is 327 g/mol. The number of hydrogen-bond acceptors (Lipinski definition) is 5. The van der Waals surface area contributed by atoms with E-state index in [-0.39, 0.29) is 17.6 Å². The zero-order valence-electron chi connectivity index (χ0n) is 13.9. The van der Waals surface area contributed by atoms with E-state index in [1.807, 2.05) is 18.2 Å². The monoisotopic (exact) mass is 327 g/mol. The number of aromatic amines is 1. The lowest BCUT2D eigenvalue weighted by molar-refractivity contribution is 0.0710. The van der Waals surface area contributed by atoms with E-state index in [1.165, 1.54) is 0 Å². The van der Waals surface area contributed by atoms with Gasteiger partial charge in [-0.15, -0.1) is 0 Å². The Morgan fingerprint density at radius 1 is 1.42 bits per heavy atom. The number of rotatable bonds is 3. The van der Waals surface area contributed by atoms with E-state index >= 15 is 0 Å². The fourth-order valence-electron chi connectivity index (χ4n) is 3.06. The van der Waals surface area contributed by atoms with Gasteiger partial charge in [-0.05, 0) is 38.0 Å². The molecule has 1 N–H and O–H groups in total. The summed E-state index contributed by atoms with van der Waals surface area (Å²) in [6.45, 7) is 3.39. The van der Waals surface area contributed by atoms with Gasteiger partial charge in [-0.25, -0.2) is 9.78 Å². The summed E-state index contributed by atoms with van der Waals surface area (Å²) in [5.41, 5.74) is 0.324. The number of aromatic nitrogens is 3. The second-order valence-electron chi connectivity index (χ2n) is 6.10. The van der Waals surface area contributed by atoms with Crippen LogP contribution in [0.1, 0.15) is 29.0 Å². The van der Waals surface area contributed by atoms with Gasteiger partial charge in [-0.1, -0.05) is 6.07 Å². The third-order valence-electron chi connectivity index (χ3n) is 4.34. The van der Waals surface area contributed by atoms with Crippen molar-refractivity contribution in [2.75, 3.05) is 25.0 Å². The Labute approximate surface area is 140 Å². The smallest absolute Gasteiger partial charge is 0.345 e. The van der Waals surface area contributed by atoms with E-state index in [1.54, 1.807) is 31.1 Å². The van der Waals surface area contributed by atoms with Crippen molar-refractivity contribution in [2.24, 2.45) is 0 Å². The molecule has 2 aromatic heterocycles. The first-order chi connectivity index (χ1) is 11.5. The Balaban J connectivity index is 1.75. The van der Waals surface area contributed by atoms with Crippen LogP contribution in [0.15, 0.2) is 35.3 Å². The number of likely N-dealkylation sites (N-methyl/N-ethyl adjacent to an activating group) is 1. The number of nitrogens with zero attached hydrogens (tertiary/aromatic N) is 4. The molecule has 3 rings (SSSR count). The van der Waals surface area contributed by atoms with Gasteiger partial charge in [0.05, 0.1) is 0 Å². The predicted octanol–water partition coefficient (Wildman–Crippen LogP) is 1.21. The summed E-state index contributed by atoms with van der Waals surface area (Å²) in [5, 5.41) is 0. The highest BCUT2D eigenvalue weighted by Gasteiger charge is 2.28. The maximum Gasteiger partial charge on any atom is 0.345 e. The quantitative estimate of drug-likeness (QED) is 0.916. The van der Waals surface area contributed by atoms with E-state index in [0.717, 1.165) is 31.7 Å². The van der Waals surface area contributed by atoms with Gasteiger partial charge < -0.3 is 14.8 Å². The molecular weight excluding hydrogens is 306 g/mol. The van der Waals surface area contributed by atoms with Crippen LogP contribution >= 0.6 is 0 Å². The number of piperidine rings is 1. The molecule has 126 valence electrons. The van der Waals surface area contributed by atoms with Crippen molar-refractivity contribution in [3.63, 3.8) is 0 Å². The van der Waals surface area contributed by atoms with Crippen molar-refractivity contribution in [3.8, 4) is 0 Å². The number of amides is 1. The Morgan fingerprint density at radius 3 is 2.96 bits per heavy atom. The molecule has 1 aliphatic heterocycles. The summed E-state index contributed by atoms with van der Waals surface area (Å²) in [4.78, 5) is 38.8. The van der Waals surface area contributed by atoms with E-state index in [4.69, 9.17) is 0 Å². The number of anilines is 1. The molecule has 24 heavy (non-hydrogen) atoms. The lowest BCUT2D eigenvalue weighted by Gasteiger charge is -2.38. The maximum absolute atomic E-state index is 12.7. The maximum atomic E-state index is 12.7. The lowest BCUT2D eigenvalue weighted by Crippen LogP contribution is -2.49. The fourth-order valence-corrected chi connectivity index (χ4v) is 3.06. The van der Waals surface area contributed by atoms with Crippen molar-refractivity contribution in [2.45, 2.75) is 25.8 Å². The van der Waals surface area contributed by atoms with E-state index in [9.17, 15) is 9.59 Å². The molecule has 2 aromatic rings. The van der Waals surface area contributed by atoms with Gasteiger partial charge in [-0.3, -0.25) is 4.79 Å².